The molecule has 0 saturated carbocycles. The Balaban J connectivity index is 1.78. The van der Waals surface area contributed by atoms with Crippen LogP contribution in [0.3, 0.4) is 0 Å². The normalized spacial score (nSPS) is 19.6. The predicted octanol–water partition coefficient (Wildman–Crippen LogP) is 1.37. The van der Waals surface area contributed by atoms with Crippen LogP contribution in [0.4, 0.5) is 0 Å². The second-order valence-electron chi connectivity index (χ2n) is 5.56. The van der Waals surface area contributed by atoms with Gasteiger partial charge in [0.25, 0.3) is 0 Å². The smallest absolute Gasteiger partial charge is 0.156 e. The molecule has 0 spiro atoms. The Morgan fingerprint density at radius 3 is 2.48 bits per heavy atom. The van der Waals surface area contributed by atoms with Gasteiger partial charge < -0.3 is 15.8 Å². The Morgan fingerprint density at radius 1 is 1.24 bits per heavy atom. The highest BCUT2D eigenvalue weighted by Gasteiger charge is 2.25. The van der Waals surface area contributed by atoms with Gasteiger partial charge in [0.1, 0.15) is 0 Å². The molecule has 1 aliphatic heterocycles. The molecule has 0 aliphatic carbocycles. The van der Waals surface area contributed by atoms with Gasteiger partial charge in [-0.2, -0.15) is 0 Å². The van der Waals surface area contributed by atoms with Crippen LogP contribution in [0.1, 0.15) is 18.9 Å². The Hall–Kier alpha value is -1.59. The number of nitrogens with zero attached hydrogens (tertiary/aromatic N) is 3. The van der Waals surface area contributed by atoms with Crippen molar-refractivity contribution in [1.82, 2.24) is 9.80 Å². The van der Waals surface area contributed by atoms with Gasteiger partial charge in [-0.05, 0) is 18.4 Å². The van der Waals surface area contributed by atoms with Crippen molar-refractivity contribution in [2.45, 2.75) is 25.8 Å². The fourth-order valence-electron chi connectivity index (χ4n) is 2.95. The molecule has 1 aliphatic rings. The zero-order valence-corrected chi connectivity index (χ0v) is 12.8. The lowest BCUT2D eigenvalue weighted by molar-refractivity contribution is 0.115. The maximum absolute atomic E-state index is 8.86. The van der Waals surface area contributed by atoms with E-state index in [4.69, 9.17) is 10.9 Å². The third kappa shape index (κ3) is 4.44. The fourth-order valence-corrected chi connectivity index (χ4v) is 2.95. The SMILES string of the molecule is CCC(C(N)=NO)N1CCN(CCc2ccccc2)CC1. The molecule has 0 aromatic heterocycles. The standard InChI is InChI=1S/C16H26N4O/c1-2-15(16(17)18-21)20-12-10-19(11-13-20)9-8-14-6-4-3-5-7-14/h3-7,15,21H,2,8-13H2,1H3,(H2,17,18). The van der Waals surface area contributed by atoms with Crippen molar-refractivity contribution in [3.63, 3.8) is 0 Å². The lowest BCUT2D eigenvalue weighted by Crippen LogP contribution is -2.54. The Morgan fingerprint density at radius 2 is 1.90 bits per heavy atom. The van der Waals surface area contributed by atoms with Crippen LogP contribution in [0.15, 0.2) is 35.5 Å². The quantitative estimate of drug-likeness (QED) is 0.359. The number of hydrogen-bond donors (Lipinski definition) is 2. The van der Waals surface area contributed by atoms with Gasteiger partial charge in [0.05, 0.1) is 6.04 Å². The topological polar surface area (TPSA) is 65.1 Å². The van der Waals surface area contributed by atoms with Crippen LogP contribution >= 0.6 is 0 Å². The van der Waals surface area contributed by atoms with Crippen LogP contribution in [0, 0.1) is 0 Å². The Labute approximate surface area is 127 Å². The molecular formula is C16H26N4O. The predicted molar refractivity (Wildman–Crippen MR) is 85.6 cm³/mol. The van der Waals surface area contributed by atoms with Gasteiger partial charge >= 0.3 is 0 Å². The summed E-state index contributed by atoms with van der Waals surface area (Å²) in [6, 6.07) is 10.7. The molecule has 5 heteroatoms. The summed E-state index contributed by atoms with van der Waals surface area (Å²) in [5, 5.41) is 12.0. The van der Waals surface area contributed by atoms with E-state index < -0.39 is 0 Å². The molecule has 0 bridgehead atoms. The van der Waals surface area contributed by atoms with E-state index >= 15 is 0 Å². The molecule has 1 fully saturated rings. The first-order valence-corrected chi connectivity index (χ1v) is 7.72. The fraction of sp³-hybridized carbons (Fsp3) is 0.562. The highest BCUT2D eigenvalue weighted by Crippen LogP contribution is 2.10. The number of rotatable bonds is 6. The Kier molecular flexibility index (Phi) is 6.02. The number of oxime groups is 1. The minimum absolute atomic E-state index is 0.0614. The monoisotopic (exact) mass is 290 g/mol. The lowest BCUT2D eigenvalue weighted by atomic mass is 10.1. The van der Waals surface area contributed by atoms with Crippen molar-refractivity contribution in [2.24, 2.45) is 10.9 Å². The molecule has 1 atom stereocenters. The van der Waals surface area contributed by atoms with Crippen LogP contribution in [0.2, 0.25) is 0 Å². The highest BCUT2D eigenvalue weighted by atomic mass is 16.4. The van der Waals surface area contributed by atoms with Gasteiger partial charge in [-0.25, -0.2) is 0 Å². The molecule has 2 rings (SSSR count). The average molecular weight is 290 g/mol. The van der Waals surface area contributed by atoms with E-state index in [-0.39, 0.29) is 6.04 Å². The summed E-state index contributed by atoms with van der Waals surface area (Å²) in [5.41, 5.74) is 7.16. The minimum Gasteiger partial charge on any atom is -0.409 e. The number of piperazine rings is 1. The number of benzene rings is 1. The first-order chi connectivity index (χ1) is 10.2. The molecule has 21 heavy (non-hydrogen) atoms. The summed E-state index contributed by atoms with van der Waals surface area (Å²) in [6.45, 7) is 7.21. The second kappa shape index (κ2) is 8.00. The molecule has 0 radical (unpaired) electrons. The summed E-state index contributed by atoms with van der Waals surface area (Å²) in [7, 11) is 0. The number of nitrogens with two attached hydrogens (primary N) is 1. The Bertz CT molecular complexity index is 441. The molecule has 1 aromatic rings. The largest absolute Gasteiger partial charge is 0.409 e. The van der Waals surface area contributed by atoms with E-state index in [1.807, 2.05) is 0 Å². The van der Waals surface area contributed by atoms with Crippen molar-refractivity contribution in [3.8, 4) is 0 Å². The van der Waals surface area contributed by atoms with Crippen molar-refractivity contribution in [1.29, 1.82) is 0 Å². The van der Waals surface area contributed by atoms with Gasteiger partial charge in [-0.1, -0.05) is 42.4 Å². The molecule has 1 aromatic carbocycles. The van der Waals surface area contributed by atoms with Gasteiger partial charge in [0.2, 0.25) is 0 Å². The second-order valence-corrected chi connectivity index (χ2v) is 5.56. The molecule has 0 amide bonds. The van der Waals surface area contributed by atoms with Crippen molar-refractivity contribution < 1.29 is 5.21 Å². The first-order valence-electron chi connectivity index (χ1n) is 7.72. The highest BCUT2D eigenvalue weighted by molar-refractivity contribution is 5.85. The average Bonchev–Trinajstić information content (AvgIpc) is 2.55. The van der Waals surface area contributed by atoms with E-state index in [9.17, 15) is 0 Å². The lowest BCUT2D eigenvalue weighted by Gasteiger charge is -2.38. The summed E-state index contributed by atoms with van der Waals surface area (Å²) in [5.74, 6) is 0.329. The maximum atomic E-state index is 8.86. The van der Waals surface area contributed by atoms with Crippen molar-refractivity contribution >= 4 is 5.84 Å². The van der Waals surface area contributed by atoms with Crippen LogP contribution in [0.5, 0.6) is 0 Å². The van der Waals surface area contributed by atoms with E-state index in [1.165, 1.54) is 5.56 Å². The molecular weight excluding hydrogens is 264 g/mol. The molecule has 1 saturated heterocycles. The number of amidine groups is 1. The van der Waals surface area contributed by atoms with Gasteiger partial charge in [0, 0.05) is 32.7 Å². The van der Waals surface area contributed by atoms with E-state index in [2.05, 4.69) is 52.2 Å². The molecule has 3 N–H and O–H groups in total. The van der Waals surface area contributed by atoms with Crippen LogP contribution in [0.25, 0.3) is 0 Å². The maximum Gasteiger partial charge on any atom is 0.156 e. The van der Waals surface area contributed by atoms with Crippen LogP contribution in [-0.4, -0.2) is 59.6 Å². The van der Waals surface area contributed by atoms with Gasteiger partial charge in [-0.15, -0.1) is 0 Å². The van der Waals surface area contributed by atoms with E-state index in [0.29, 0.717) is 5.84 Å². The van der Waals surface area contributed by atoms with Crippen LogP contribution < -0.4 is 5.73 Å². The molecule has 116 valence electrons. The third-order valence-electron chi connectivity index (χ3n) is 4.25. The molecule has 5 nitrogen and oxygen atoms in total. The van der Waals surface area contributed by atoms with Crippen molar-refractivity contribution in [2.75, 3.05) is 32.7 Å². The molecule has 1 heterocycles. The zero-order chi connectivity index (χ0) is 15.1. The molecule has 1 unspecified atom stereocenters. The summed E-state index contributed by atoms with van der Waals surface area (Å²) in [4.78, 5) is 4.80. The van der Waals surface area contributed by atoms with E-state index in [0.717, 1.165) is 45.6 Å². The summed E-state index contributed by atoms with van der Waals surface area (Å²) < 4.78 is 0. The zero-order valence-electron chi connectivity index (χ0n) is 12.8. The van der Waals surface area contributed by atoms with Crippen LogP contribution in [-0.2, 0) is 6.42 Å². The van der Waals surface area contributed by atoms with Gasteiger partial charge in [-0.3, -0.25) is 4.90 Å². The first kappa shape index (κ1) is 15.8. The van der Waals surface area contributed by atoms with Gasteiger partial charge in [0.15, 0.2) is 5.84 Å². The summed E-state index contributed by atoms with van der Waals surface area (Å²) >= 11 is 0. The van der Waals surface area contributed by atoms with Crippen molar-refractivity contribution in [3.05, 3.63) is 35.9 Å². The minimum atomic E-state index is 0.0614. The summed E-state index contributed by atoms with van der Waals surface area (Å²) in [6.07, 6.45) is 1.97. The third-order valence-corrected chi connectivity index (χ3v) is 4.25. The number of hydrogen-bond acceptors (Lipinski definition) is 4. The van der Waals surface area contributed by atoms with E-state index in [1.54, 1.807) is 0 Å².